The van der Waals surface area contributed by atoms with Crippen molar-refractivity contribution in [3.05, 3.63) is 72.6 Å². The van der Waals surface area contributed by atoms with Gasteiger partial charge in [-0.25, -0.2) is 4.98 Å². The van der Waals surface area contributed by atoms with Crippen molar-refractivity contribution in [2.45, 2.75) is 0 Å². The molecule has 1 fully saturated rings. The molecule has 5 heteroatoms. The van der Waals surface area contributed by atoms with E-state index in [0.29, 0.717) is 18.8 Å². The van der Waals surface area contributed by atoms with Gasteiger partial charge in [0.15, 0.2) is 0 Å². The molecule has 0 unspecified atom stereocenters. The number of aromatic nitrogens is 2. The number of H-pyrrole nitrogens is 1. The van der Waals surface area contributed by atoms with Gasteiger partial charge in [-0.3, -0.25) is 4.79 Å². The lowest BCUT2D eigenvalue weighted by molar-refractivity contribution is 0.0741. The Morgan fingerprint density at radius 1 is 0.852 bits per heavy atom. The standard InChI is InChI=1S/C22H20N4O/c27-22(26-12-10-25(11-13-26)16-6-2-1-3-7-16)20-14-18-17-8-4-5-9-19(17)24-21(18)15-23-20/h1-9,14-15,24H,10-13H2. The van der Waals surface area contributed by atoms with Crippen LogP contribution in [0.2, 0.25) is 0 Å². The number of piperazine rings is 1. The fourth-order valence-corrected chi connectivity index (χ4v) is 3.84. The second-order valence-electron chi connectivity index (χ2n) is 6.90. The van der Waals surface area contributed by atoms with Crippen molar-refractivity contribution in [1.29, 1.82) is 0 Å². The quantitative estimate of drug-likeness (QED) is 0.596. The Balaban J connectivity index is 1.37. The summed E-state index contributed by atoms with van der Waals surface area (Å²) in [5, 5.41) is 2.17. The van der Waals surface area contributed by atoms with Crippen LogP contribution in [-0.2, 0) is 0 Å². The molecule has 1 aliphatic rings. The third-order valence-electron chi connectivity index (χ3n) is 5.30. The zero-order valence-corrected chi connectivity index (χ0v) is 14.9. The summed E-state index contributed by atoms with van der Waals surface area (Å²) in [7, 11) is 0. The molecular weight excluding hydrogens is 336 g/mol. The highest BCUT2D eigenvalue weighted by molar-refractivity contribution is 6.09. The molecule has 0 aliphatic carbocycles. The van der Waals surface area contributed by atoms with Crippen molar-refractivity contribution >= 4 is 33.4 Å². The van der Waals surface area contributed by atoms with Crippen molar-refractivity contribution in [3.8, 4) is 0 Å². The van der Waals surface area contributed by atoms with E-state index >= 15 is 0 Å². The van der Waals surface area contributed by atoms with Crippen LogP contribution in [0.1, 0.15) is 10.5 Å². The average molecular weight is 356 g/mol. The number of para-hydroxylation sites is 2. The van der Waals surface area contributed by atoms with Crippen LogP contribution in [0.5, 0.6) is 0 Å². The predicted octanol–water partition coefficient (Wildman–Crippen LogP) is 3.68. The van der Waals surface area contributed by atoms with E-state index < -0.39 is 0 Å². The summed E-state index contributed by atoms with van der Waals surface area (Å²) < 4.78 is 0. The molecule has 5 rings (SSSR count). The summed E-state index contributed by atoms with van der Waals surface area (Å²) in [4.78, 5) is 25.0. The van der Waals surface area contributed by atoms with Crippen molar-refractivity contribution in [1.82, 2.24) is 14.9 Å². The van der Waals surface area contributed by atoms with E-state index in [1.54, 1.807) is 6.20 Å². The molecule has 5 nitrogen and oxygen atoms in total. The maximum Gasteiger partial charge on any atom is 0.272 e. The van der Waals surface area contributed by atoms with E-state index in [1.807, 2.05) is 47.4 Å². The highest BCUT2D eigenvalue weighted by Gasteiger charge is 2.23. The molecule has 0 bridgehead atoms. The lowest BCUT2D eigenvalue weighted by Gasteiger charge is -2.36. The van der Waals surface area contributed by atoms with Crippen LogP contribution in [0, 0.1) is 0 Å². The van der Waals surface area contributed by atoms with Gasteiger partial charge in [-0.05, 0) is 24.3 Å². The molecule has 2 aromatic carbocycles. The Hall–Kier alpha value is -3.34. The third kappa shape index (κ3) is 2.81. The number of carbonyl (C=O) groups is 1. The summed E-state index contributed by atoms with van der Waals surface area (Å²) >= 11 is 0. The number of hydrogen-bond acceptors (Lipinski definition) is 3. The highest BCUT2D eigenvalue weighted by Crippen LogP contribution is 2.25. The van der Waals surface area contributed by atoms with Gasteiger partial charge in [0.1, 0.15) is 5.69 Å². The topological polar surface area (TPSA) is 52.2 Å². The summed E-state index contributed by atoms with van der Waals surface area (Å²) in [5.41, 5.74) is 3.75. The zero-order chi connectivity index (χ0) is 18.2. The minimum atomic E-state index is 0.00916. The van der Waals surface area contributed by atoms with Crippen LogP contribution in [0.3, 0.4) is 0 Å². The Bertz CT molecular complexity index is 1110. The van der Waals surface area contributed by atoms with Gasteiger partial charge in [0.2, 0.25) is 0 Å². The van der Waals surface area contributed by atoms with E-state index in [0.717, 1.165) is 34.9 Å². The zero-order valence-electron chi connectivity index (χ0n) is 14.9. The van der Waals surface area contributed by atoms with Crippen molar-refractivity contribution in [3.63, 3.8) is 0 Å². The number of aromatic amines is 1. The van der Waals surface area contributed by atoms with Crippen LogP contribution in [0.25, 0.3) is 21.8 Å². The number of anilines is 1. The van der Waals surface area contributed by atoms with Crippen LogP contribution >= 0.6 is 0 Å². The number of nitrogens with zero attached hydrogens (tertiary/aromatic N) is 3. The van der Waals surface area contributed by atoms with Crippen LogP contribution in [0.15, 0.2) is 66.9 Å². The van der Waals surface area contributed by atoms with Crippen molar-refractivity contribution in [2.24, 2.45) is 0 Å². The van der Waals surface area contributed by atoms with E-state index in [-0.39, 0.29) is 5.91 Å². The Kier molecular flexibility index (Phi) is 3.78. The molecule has 0 spiro atoms. The van der Waals surface area contributed by atoms with Crippen molar-refractivity contribution < 1.29 is 4.79 Å². The largest absolute Gasteiger partial charge is 0.368 e. The second-order valence-corrected chi connectivity index (χ2v) is 6.90. The van der Waals surface area contributed by atoms with E-state index in [2.05, 4.69) is 33.1 Å². The minimum absolute atomic E-state index is 0.00916. The summed E-state index contributed by atoms with van der Waals surface area (Å²) in [6.45, 7) is 3.10. The Labute approximate surface area is 157 Å². The number of carbonyl (C=O) groups excluding carboxylic acids is 1. The number of fused-ring (bicyclic) bond motifs is 3. The minimum Gasteiger partial charge on any atom is -0.368 e. The molecule has 27 heavy (non-hydrogen) atoms. The maximum atomic E-state index is 13.0. The molecule has 3 heterocycles. The Morgan fingerprint density at radius 2 is 1.59 bits per heavy atom. The van der Waals surface area contributed by atoms with Gasteiger partial charge < -0.3 is 14.8 Å². The lowest BCUT2D eigenvalue weighted by atomic mass is 10.1. The van der Waals surface area contributed by atoms with Gasteiger partial charge in [0.05, 0.1) is 11.7 Å². The van der Waals surface area contributed by atoms with Crippen LogP contribution < -0.4 is 4.90 Å². The summed E-state index contributed by atoms with van der Waals surface area (Å²) in [6, 6.07) is 20.4. The van der Waals surface area contributed by atoms with Gasteiger partial charge in [0, 0.05) is 48.2 Å². The van der Waals surface area contributed by atoms with E-state index in [9.17, 15) is 4.79 Å². The van der Waals surface area contributed by atoms with Crippen LogP contribution in [0.4, 0.5) is 5.69 Å². The predicted molar refractivity (Wildman–Crippen MR) is 108 cm³/mol. The van der Waals surface area contributed by atoms with Crippen LogP contribution in [-0.4, -0.2) is 47.0 Å². The molecule has 1 saturated heterocycles. The van der Waals surface area contributed by atoms with Crippen molar-refractivity contribution in [2.75, 3.05) is 31.1 Å². The number of hydrogen-bond donors (Lipinski definition) is 1. The smallest absolute Gasteiger partial charge is 0.272 e. The molecule has 0 radical (unpaired) electrons. The fourth-order valence-electron chi connectivity index (χ4n) is 3.84. The Morgan fingerprint density at radius 3 is 2.41 bits per heavy atom. The van der Waals surface area contributed by atoms with Gasteiger partial charge in [-0.2, -0.15) is 0 Å². The molecule has 1 N–H and O–H groups in total. The van der Waals surface area contributed by atoms with Gasteiger partial charge in [0.25, 0.3) is 5.91 Å². The first-order chi connectivity index (χ1) is 13.3. The molecule has 1 amide bonds. The molecular formula is C22H20N4O. The van der Waals surface area contributed by atoms with E-state index in [1.165, 1.54) is 5.69 Å². The third-order valence-corrected chi connectivity index (χ3v) is 5.30. The number of pyridine rings is 1. The molecule has 1 aliphatic heterocycles. The van der Waals surface area contributed by atoms with Gasteiger partial charge >= 0.3 is 0 Å². The first-order valence-electron chi connectivity index (χ1n) is 9.25. The molecule has 2 aromatic heterocycles. The molecule has 0 atom stereocenters. The fraction of sp³-hybridized carbons (Fsp3) is 0.182. The van der Waals surface area contributed by atoms with Gasteiger partial charge in [-0.15, -0.1) is 0 Å². The summed E-state index contributed by atoms with van der Waals surface area (Å²) in [6.07, 6.45) is 1.77. The SMILES string of the molecule is O=C(c1cc2c(cn1)[nH]c1ccccc12)N1CCN(c2ccccc2)CC1. The number of amides is 1. The molecule has 134 valence electrons. The van der Waals surface area contributed by atoms with Gasteiger partial charge in [-0.1, -0.05) is 36.4 Å². The number of nitrogens with one attached hydrogen (secondary N) is 1. The first kappa shape index (κ1) is 15.9. The monoisotopic (exact) mass is 356 g/mol. The normalized spacial score (nSPS) is 14.8. The first-order valence-corrected chi connectivity index (χ1v) is 9.25. The maximum absolute atomic E-state index is 13.0. The highest BCUT2D eigenvalue weighted by atomic mass is 16.2. The molecule has 0 saturated carbocycles. The molecule has 4 aromatic rings. The average Bonchev–Trinajstić information content (AvgIpc) is 3.12. The number of benzene rings is 2. The van der Waals surface area contributed by atoms with E-state index in [4.69, 9.17) is 0 Å². The summed E-state index contributed by atoms with van der Waals surface area (Å²) in [5.74, 6) is 0.00916. The lowest BCUT2D eigenvalue weighted by Crippen LogP contribution is -2.49. The number of rotatable bonds is 2. The second kappa shape index (κ2) is 6.43.